The van der Waals surface area contributed by atoms with Crippen molar-refractivity contribution in [3.63, 3.8) is 0 Å². The fourth-order valence-corrected chi connectivity index (χ4v) is 3.46. The quantitative estimate of drug-likeness (QED) is 0.719. The highest BCUT2D eigenvalue weighted by Gasteiger charge is 2.21. The molecule has 0 bridgehead atoms. The van der Waals surface area contributed by atoms with E-state index in [1.165, 1.54) is 34.1 Å². The zero-order valence-corrected chi connectivity index (χ0v) is 13.8. The molecule has 0 unspecified atom stereocenters. The SMILES string of the molecule is CC(=Cn1c2c(c3cc(C)ccc31)CN(C)CC2)c1cocn1. The topological polar surface area (TPSA) is 34.2 Å². The van der Waals surface area contributed by atoms with Crippen LogP contribution in [0.5, 0.6) is 0 Å². The second-order valence-corrected chi connectivity index (χ2v) is 6.49. The minimum absolute atomic E-state index is 0.889. The maximum atomic E-state index is 5.12. The molecule has 0 saturated carbocycles. The first-order valence-electron chi connectivity index (χ1n) is 8.01. The van der Waals surface area contributed by atoms with Gasteiger partial charge in [-0.1, -0.05) is 11.6 Å². The van der Waals surface area contributed by atoms with Gasteiger partial charge in [0.25, 0.3) is 0 Å². The van der Waals surface area contributed by atoms with Crippen molar-refractivity contribution in [3.05, 3.63) is 53.4 Å². The standard InChI is InChI=1S/C19H21N3O/c1-13-4-5-18-15(8-13)16-10-21(3)7-6-19(16)22(18)9-14(2)17-11-23-12-20-17/h4-5,8-9,11-12H,6-7,10H2,1-3H3. The van der Waals surface area contributed by atoms with Crippen LogP contribution in [0.2, 0.25) is 0 Å². The molecule has 118 valence electrons. The zero-order chi connectivity index (χ0) is 16.0. The molecular formula is C19H21N3O. The summed E-state index contributed by atoms with van der Waals surface area (Å²) in [5.41, 5.74) is 7.47. The van der Waals surface area contributed by atoms with E-state index in [9.17, 15) is 0 Å². The van der Waals surface area contributed by atoms with Gasteiger partial charge in [0.15, 0.2) is 6.39 Å². The largest absolute Gasteiger partial charge is 0.451 e. The molecular weight excluding hydrogens is 286 g/mol. The van der Waals surface area contributed by atoms with Gasteiger partial charge in [0, 0.05) is 36.8 Å². The molecule has 4 heteroatoms. The molecule has 0 fully saturated rings. The van der Waals surface area contributed by atoms with E-state index < -0.39 is 0 Å². The maximum absolute atomic E-state index is 5.12. The van der Waals surface area contributed by atoms with Gasteiger partial charge in [-0.15, -0.1) is 0 Å². The van der Waals surface area contributed by atoms with Gasteiger partial charge >= 0.3 is 0 Å². The minimum atomic E-state index is 0.889. The molecule has 0 saturated heterocycles. The Bertz CT molecular complexity index is 887. The number of aryl methyl sites for hydroxylation is 1. The molecule has 0 spiro atoms. The lowest BCUT2D eigenvalue weighted by Crippen LogP contribution is -2.26. The summed E-state index contributed by atoms with van der Waals surface area (Å²) >= 11 is 0. The average Bonchev–Trinajstić information content (AvgIpc) is 3.15. The Morgan fingerprint density at radius 2 is 2.22 bits per heavy atom. The number of hydrogen-bond acceptors (Lipinski definition) is 3. The Labute approximate surface area is 136 Å². The molecule has 3 heterocycles. The predicted octanol–water partition coefficient (Wildman–Crippen LogP) is 3.94. The molecule has 2 aromatic heterocycles. The molecule has 0 aliphatic carbocycles. The Morgan fingerprint density at radius 1 is 1.35 bits per heavy atom. The monoisotopic (exact) mass is 307 g/mol. The number of hydrogen-bond donors (Lipinski definition) is 0. The van der Waals surface area contributed by atoms with Crippen molar-refractivity contribution in [2.24, 2.45) is 0 Å². The van der Waals surface area contributed by atoms with Gasteiger partial charge in [-0.05, 0) is 44.2 Å². The second-order valence-electron chi connectivity index (χ2n) is 6.49. The Kier molecular flexibility index (Phi) is 3.34. The van der Waals surface area contributed by atoms with Gasteiger partial charge in [-0.2, -0.15) is 0 Å². The van der Waals surface area contributed by atoms with E-state index in [2.05, 4.69) is 59.7 Å². The molecule has 0 atom stereocenters. The van der Waals surface area contributed by atoms with Crippen LogP contribution < -0.4 is 0 Å². The number of benzene rings is 1. The fraction of sp³-hybridized carbons (Fsp3) is 0.316. The lowest BCUT2D eigenvalue weighted by atomic mass is 10.0. The minimum Gasteiger partial charge on any atom is -0.451 e. The normalized spacial score (nSPS) is 16.0. The van der Waals surface area contributed by atoms with E-state index in [-0.39, 0.29) is 0 Å². The number of fused-ring (bicyclic) bond motifs is 3. The van der Waals surface area contributed by atoms with Crippen molar-refractivity contribution < 1.29 is 4.42 Å². The average molecular weight is 307 g/mol. The summed E-state index contributed by atoms with van der Waals surface area (Å²) in [7, 11) is 2.19. The van der Waals surface area contributed by atoms with Gasteiger partial charge in [-0.3, -0.25) is 0 Å². The van der Waals surface area contributed by atoms with Gasteiger partial charge in [0.2, 0.25) is 0 Å². The van der Waals surface area contributed by atoms with Crippen molar-refractivity contribution in [2.75, 3.05) is 13.6 Å². The van der Waals surface area contributed by atoms with E-state index in [4.69, 9.17) is 4.42 Å². The van der Waals surface area contributed by atoms with E-state index in [0.29, 0.717) is 0 Å². The van der Waals surface area contributed by atoms with Crippen molar-refractivity contribution in [3.8, 4) is 0 Å². The summed E-state index contributed by atoms with van der Waals surface area (Å²) in [5.74, 6) is 0. The van der Waals surface area contributed by atoms with Crippen LogP contribution in [-0.4, -0.2) is 28.0 Å². The Balaban J connectivity index is 1.94. The first-order chi connectivity index (χ1) is 11.1. The first kappa shape index (κ1) is 14.3. The summed E-state index contributed by atoms with van der Waals surface area (Å²) in [4.78, 5) is 6.65. The lowest BCUT2D eigenvalue weighted by Gasteiger charge is -2.23. The third kappa shape index (κ3) is 2.39. The third-order valence-corrected chi connectivity index (χ3v) is 4.69. The van der Waals surface area contributed by atoms with Crippen LogP contribution in [-0.2, 0) is 13.0 Å². The van der Waals surface area contributed by atoms with E-state index >= 15 is 0 Å². The summed E-state index contributed by atoms with van der Waals surface area (Å²) < 4.78 is 7.47. The summed E-state index contributed by atoms with van der Waals surface area (Å²) in [6, 6.07) is 6.73. The number of aromatic nitrogens is 2. The smallest absolute Gasteiger partial charge is 0.181 e. The summed E-state index contributed by atoms with van der Waals surface area (Å²) in [6.45, 7) is 6.35. The maximum Gasteiger partial charge on any atom is 0.181 e. The first-order valence-corrected chi connectivity index (χ1v) is 8.01. The highest BCUT2D eigenvalue weighted by molar-refractivity contribution is 5.90. The van der Waals surface area contributed by atoms with Crippen LogP contribution in [0.15, 0.2) is 35.3 Å². The van der Waals surface area contributed by atoms with Crippen molar-refractivity contribution >= 4 is 22.7 Å². The van der Waals surface area contributed by atoms with Crippen LogP contribution in [0.3, 0.4) is 0 Å². The van der Waals surface area contributed by atoms with Crippen molar-refractivity contribution in [1.29, 1.82) is 0 Å². The van der Waals surface area contributed by atoms with Gasteiger partial charge < -0.3 is 13.9 Å². The highest BCUT2D eigenvalue weighted by atomic mass is 16.3. The van der Waals surface area contributed by atoms with Crippen molar-refractivity contribution in [1.82, 2.24) is 14.5 Å². The number of oxazole rings is 1. The summed E-state index contributed by atoms with van der Waals surface area (Å²) in [5, 5.41) is 1.37. The Hall–Kier alpha value is -2.33. The lowest BCUT2D eigenvalue weighted by molar-refractivity contribution is 0.312. The molecule has 4 nitrogen and oxygen atoms in total. The highest BCUT2D eigenvalue weighted by Crippen LogP contribution is 2.32. The zero-order valence-electron chi connectivity index (χ0n) is 13.8. The number of likely N-dealkylation sites (N-methyl/N-ethyl adjacent to an activating group) is 1. The van der Waals surface area contributed by atoms with E-state index in [0.717, 1.165) is 30.8 Å². The van der Waals surface area contributed by atoms with Gasteiger partial charge in [-0.25, -0.2) is 4.98 Å². The van der Waals surface area contributed by atoms with Gasteiger partial charge in [0.05, 0.1) is 5.52 Å². The second kappa shape index (κ2) is 5.39. The van der Waals surface area contributed by atoms with Crippen LogP contribution in [0.4, 0.5) is 0 Å². The predicted molar refractivity (Wildman–Crippen MR) is 93.1 cm³/mol. The fourth-order valence-electron chi connectivity index (χ4n) is 3.46. The molecule has 0 N–H and O–H groups in total. The van der Waals surface area contributed by atoms with Crippen LogP contribution in [0.1, 0.15) is 29.4 Å². The number of rotatable bonds is 2. The van der Waals surface area contributed by atoms with Crippen LogP contribution >= 0.6 is 0 Å². The van der Waals surface area contributed by atoms with Crippen LogP contribution in [0.25, 0.3) is 22.7 Å². The molecule has 1 aliphatic heterocycles. The molecule has 0 radical (unpaired) electrons. The molecule has 4 rings (SSSR count). The number of nitrogens with zero attached hydrogens (tertiary/aromatic N) is 3. The van der Waals surface area contributed by atoms with E-state index in [1.54, 1.807) is 6.26 Å². The molecule has 1 aliphatic rings. The van der Waals surface area contributed by atoms with Crippen LogP contribution in [0, 0.1) is 6.92 Å². The molecule has 3 aromatic rings. The third-order valence-electron chi connectivity index (χ3n) is 4.69. The molecule has 23 heavy (non-hydrogen) atoms. The van der Waals surface area contributed by atoms with Crippen molar-refractivity contribution in [2.45, 2.75) is 26.8 Å². The Morgan fingerprint density at radius 3 is 3.00 bits per heavy atom. The molecule has 1 aromatic carbocycles. The van der Waals surface area contributed by atoms with Gasteiger partial charge in [0.1, 0.15) is 12.0 Å². The molecule has 0 amide bonds. The van der Waals surface area contributed by atoms with E-state index in [1.807, 2.05) is 0 Å². The summed E-state index contributed by atoms with van der Waals surface area (Å²) in [6.07, 6.45) is 6.44. The number of allylic oxidation sites excluding steroid dienone is 1.